The Hall–Kier alpha value is 0.190. The Balaban J connectivity index is 2.24. The van der Waals surface area contributed by atoms with E-state index in [2.05, 4.69) is 0 Å². The van der Waals surface area contributed by atoms with Crippen LogP contribution in [-0.2, 0) is 9.30 Å². The third-order valence-corrected chi connectivity index (χ3v) is 2.79. The molecule has 0 aromatic carbocycles. The van der Waals surface area contributed by atoms with Crippen molar-refractivity contribution in [3.8, 4) is 0 Å². The van der Waals surface area contributed by atoms with E-state index in [9.17, 15) is 4.57 Å². The van der Waals surface area contributed by atoms with Crippen molar-refractivity contribution in [1.82, 2.24) is 0 Å². The minimum Gasteiger partial charge on any atom is -0.365 e. The zero-order valence-electron chi connectivity index (χ0n) is 4.31. The molecule has 0 bridgehead atoms. The summed E-state index contributed by atoms with van der Waals surface area (Å²) in [5, 5.41) is 0. The van der Waals surface area contributed by atoms with E-state index in [0.29, 0.717) is 0 Å². The van der Waals surface area contributed by atoms with Crippen LogP contribution in [0.4, 0.5) is 0 Å². The van der Waals surface area contributed by atoms with Crippen LogP contribution >= 0.6 is 7.80 Å². The van der Waals surface area contributed by atoms with E-state index in [-0.39, 0.29) is 5.85 Å². The predicted molar refractivity (Wildman–Crippen MR) is 29.3 cm³/mol. The zero-order chi connectivity index (χ0) is 5.28. The third kappa shape index (κ3) is 1.29. The van der Waals surface area contributed by atoms with Crippen LogP contribution in [0.2, 0.25) is 0 Å². The summed E-state index contributed by atoms with van der Waals surface area (Å²) in [5.74, 6) is 0.162. The number of hydrogen-bond acceptors (Lipinski definition) is 2. The Labute approximate surface area is 43.6 Å². The van der Waals surface area contributed by atoms with Gasteiger partial charge in [-0.3, -0.25) is 0 Å². The van der Waals surface area contributed by atoms with Gasteiger partial charge in [0.15, 0.2) is 0 Å². The van der Waals surface area contributed by atoms with E-state index in [0.717, 1.165) is 12.8 Å². The van der Waals surface area contributed by atoms with E-state index < -0.39 is 7.80 Å². The molecule has 0 saturated carbocycles. The van der Waals surface area contributed by atoms with Crippen molar-refractivity contribution in [3.05, 3.63) is 0 Å². The third-order valence-electron chi connectivity index (χ3n) is 1.04. The molecule has 1 heterocycles. The molecule has 0 aliphatic carbocycles. The first-order chi connectivity index (χ1) is 3.34. The van der Waals surface area contributed by atoms with Crippen LogP contribution < -0.4 is 0 Å². The highest BCUT2D eigenvalue weighted by molar-refractivity contribution is 7.45. The largest absolute Gasteiger partial charge is 0.365 e. The van der Waals surface area contributed by atoms with Crippen LogP contribution in [0, 0.1) is 0 Å². The minimum absolute atomic E-state index is 0.162. The van der Waals surface area contributed by atoms with E-state index in [4.69, 9.17) is 4.74 Å². The van der Waals surface area contributed by atoms with E-state index >= 15 is 0 Å². The average Bonchev–Trinajstić information content (AvgIpc) is 2.44. The van der Waals surface area contributed by atoms with Crippen LogP contribution in [0.5, 0.6) is 0 Å². The molecule has 1 fully saturated rings. The van der Waals surface area contributed by atoms with Gasteiger partial charge in [-0.2, -0.15) is 0 Å². The summed E-state index contributed by atoms with van der Waals surface area (Å²) in [6.07, 6.45) is 0.801. The van der Waals surface area contributed by atoms with Crippen LogP contribution in [0.1, 0.15) is 6.92 Å². The van der Waals surface area contributed by atoms with Gasteiger partial charge < -0.3 is 9.30 Å². The lowest BCUT2D eigenvalue weighted by Crippen LogP contribution is -1.74. The fourth-order valence-electron chi connectivity index (χ4n) is 0.462. The molecule has 0 aromatic rings. The smallest absolute Gasteiger partial charge is 0.131 e. The molecule has 2 unspecified atom stereocenters. The van der Waals surface area contributed by atoms with E-state index in [1.54, 1.807) is 0 Å². The highest BCUT2D eigenvalue weighted by Gasteiger charge is 2.27. The molecule has 0 aromatic heterocycles. The molecule has 1 aliphatic heterocycles. The van der Waals surface area contributed by atoms with Gasteiger partial charge in [-0.05, 0) is 6.16 Å². The normalized spacial score (nSPS) is 32.4. The molecule has 0 N–H and O–H groups in total. The summed E-state index contributed by atoms with van der Waals surface area (Å²) >= 11 is 0. The van der Waals surface area contributed by atoms with Gasteiger partial charge in [0.25, 0.3) is 0 Å². The molecule has 1 rings (SSSR count). The Bertz CT molecular complexity index is 87.7. The summed E-state index contributed by atoms with van der Waals surface area (Å²) < 4.78 is 15.4. The second-order valence-corrected chi connectivity index (χ2v) is 3.93. The quantitative estimate of drug-likeness (QED) is 0.400. The maximum absolute atomic E-state index is 10.6. The molecule has 2 atom stereocenters. The lowest BCUT2D eigenvalue weighted by atomic mass is 11.0. The SMILES string of the molecule is CC[PH](=O)C1CO1. The number of hydrogen-bond donors (Lipinski definition) is 0. The standard InChI is InChI=1S/C4H9O2P/c1-2-7(5)4-3-6-4/h4,7H,2-3H2,1H3. The maximum Gasteiger partial charge on any atom is 0.131 e. The van der Waals surface area contributed by atoms with Crippen molar-refractivity contribution < 1.29 is 9.30 Å². The Morgan fingerprint density at radius 2 is 2.57 bits per heavy atom. The van der Waals surface area contributed by atoms with Gasteiger partial charge in [0, 0.05) is 0 Å². The summed E-state index contributed by atoms with van der Waals surface area (Å²) in [5.41, 5.74) is 0. The molecule has 0 spiro atoms. The first-order valence-electron chi connectivity index (χ1n) is 2.49. The highest BCUT2D eigenvalue weighted by Crippen LogP contribution is 2.36. The summed E-state index contributed by atoms with van der Waals surface area (Å²) in [6, 6.07) is 0. The molecule has 0 amide bonds. The maximum atomic E-state index is 10.6. The average molecular weight is 120 g/mol. The molecule has 0 radical (unpaired) electrons. The van der Waals surface area contributed by atoms with Crippen molar-refractivity contribution in [1.29, 1.82) is 0 Å². The lowest BCUT2D eigenvalue weighted by Gasteiger charge is -1.84. The van der Waals surface area contributed by atoms with Crippen LogP contribution in [0.3, 0.4) is 0 Å². The zero-order valence-corrected chi connectivity index (χ0v) is 5.31. The molecular weight excluding hydrogens is 111 g/mol. The summed E-state index contributed by atoms with van der Waals surface area (Å²) in [7, 11) is -1.31. The highest BCUT2D eigenvalue weighted by atomic mass is 31.1. The molecule has 42 valence electrons. The van der Waals surface area contributed by atoms with Gasteiger partial charge in [0.2, 0.25) is 0 Å². The molecule has 2 nitrogen and oxygen atoms in total. The summed E-state index contributed by atoms with van der Waals surface area (Å²) in [4.78, 5) is 0. The van der Waals surface area contributed by atoms with Crippen molar-refractivity contribution in [2.24, 2.45) is 0 Å². The summed E-state index contributed by atoms with van der Waals surface area (Å²) in [6.45, 7) is 2.68. The van der Waals surface area contributed by atoms with Crippen molar-refractivity contribution in [2.45, 2.75) is 12.8 Å². The van der Waals surface area contributed by atoms with Gasteiger partial charge in [0.1, 0.15) is 13.6 Å². The molecular formula is C4H9O2P. The first kappa shape index (κ1) is 5.33. The predicted octanol–water partition coefficient (Wildman–Crippen LogP) is 0.922. The Morgan fingerprint density at radius 1 is 2.00 bits per heavy atom. The number of epoxide rings is 1. The first-order valence-corrected chi connectivity index (χ1v) is 4.18. The Morgan fingerprint density at radius 3 is 2.71 bits per heavy atom. The van der Waals surface area contributed by atoms with Gasteiger partial charge in [0.05, 0.1) is 6.61 Å². The number of rotatable bonds is 2. The van der Waals surface area contributed by atoms with Gasteiger partial charge in [-0.25, -0.2) is 0 Å². The van der Waals surface area contributed by atoms with Crippen molar-refractivity contribution in [3.63, 3.8) is 0 Å². The van der Waals surface area contributed by atoms with Crippen molar-refractivity contribution >= 4 is 7.80 Å². The van der Waals surface area contributed by atoms with Gasteiger partial charge in [-0.1, -0.05) is 6.92 Å². The second-order valence-electron chi connectivity index (χ2n) is 1.64. The van der Waals surface area contributed by atoms with E-state index in [1.165, 1.54) is 0 Å². The molecule has 1 saturated heterocycles. The fraction of sp³-hybridized carbons (Fsp3) is 1.00. The molecule has 1 aliphatic rings. The minimum atomic E-state index is -1.31. The molecule has 7 heavy (non-hydrogen) atoms. The van der Waals surface area contributed by atoms with Crippen LogP contribution in [0.15, 0.2) is 0 Å². The van der Waals surface area contributed by atoms with Gasteiger partial charge >= 0.3 is 0 Å². The topological polar surface area (TPSA) is 29.6 Å². The van der Waals surface area contributed by atoms with Crippen molar-refractivity contribution in [2.75, 3.05) is 12.8 Å². The molecule has 3 heteroatoms. The fourth-order valence-corrected chi connectivity index (χ4v) is 1.39. The monoisotopic (exact) mass is 120 g/mol. The lowest BCUT2D eigenvalue weighted by molar-refractivity contribution is 0.449. The van der Waals surface area contributed by atoms with Crippen LogP contribution in [0.25, 0.3) is 0 Å². The van der Waals surface area contributed by atoms with E-state index in [1.807, 2.05) is 6.92 Å². The van der Waals surface area contributed by atoms with Crippen LogP contribution in [-0.4, -0.2) is 18.6 Å². The van der Waals surface area contributed by atoms with Gasteiger partial charge in [-0.15, -0.1) is 0 Å². The number of ether oxygens (including phenoxy) is 1. The Kier molecular flexibility index (Phi) is 1.50. The second kappa shape index (κ2) is 1.97.